The van der Waals surface area contributed by atoms with Crippen molar-refractivity contribution in [1.29, 1.82) is 0 Å². The highest BCUT2D eigenvalue weighted by atomic mass is 32.2. The summed E-state index contributed by atoms with van der Waals surface area (Å²) in [6.45, 7) is 1.90. The number of alkyl halides is 3. The van der Waals surface area contributed by atoms with E-state index in [9.17, 15) is 18.0 Å². The zero-order chi connectivity index (χ0) is 16.3. The lowest BCUT2D eigenvalue weighted by atomic mass is 10.2. The van der Waals surface area contributed by atoms with E-state index in [1.165, 1.54) is 18.2 Å². The van der Waals surface area contributed by atoms with Crippen molar-refractivity contribution in [2.45, 2.75) is 23.2 Å². The number of benzene rings is 1. The average molecular weight is 332 g/mol. The van der Waals surface area contributed by atoms with Gasteiger partial charge in [-0.3, -0.25) is 5.10 Å². The molecule has 1 aromatic heterocycles. The van der Waals surface area contributed by atoms with Gasteiger partial charge >= 0.3 is 12.1 Å². The minimum Gasteiger partial charge on any atom is -0.462 e. The molecule has 118 valence electrons. The van der Waals surface area contributed by atoms with E-state index in [-0.39, 0.29) is 23.0 Å². The molecule has 6 nitrogen and oxygen atoms in total. The third kappa shape index (κ3) is 3.70. The van der Waals surface area contributed by atoms with Crippen molar-refractivity contribution in [2.24, 2.45) is 0 Å². The summed E-state index contributed by atoms with van der Waals surface area (Å²) >= 11 is 0.854. The molecule has 0 fully saturated rings. The Balaban J connectivity index is 2.17. The zero-order valence-corrected chi connectivity index (χ0v) is 12.1. The van der Waals surface area contributed by atoms with Crippen molar-refractivity contribution in [2.75, 3.05) is 12.3 Å². The Labute approximate surface area is 127 Å². The number of nitrogen functional groups attached to an aromatic ring is 1. The summed E-state index contributed by atoms with van der Waals surface area (Å²) in [6.07, 6.45) is -4.59. The Morgan fingerprint density at radius 1 is 1.45 bits per heavy atom. The number of ether oxygens (including phenoxy) is 1. The number of H-pyrrole nitrogens is 1. The Morgan fingerprint density at radius 2 is 2.18 bits per heavy atom. The number of nitrogens with zero attached hydrogens (tertiary/aromatic N) is 2. The average Bonchev–Trinajstić information content (AvgIpc) is 2.90. The van der Waals surface area contributed by atoms with Crippen LogP contribution >= 0.6 is 11.8 Å². The summed E-state index contributed by atoms with van der Waals surface area (Å²) in [4.78, 5) is 15.3. The molecule has 0 aliphatic heterocycles. The number of hydrogen-bond acceptors (Lipinski definition) is 6. The SMILES string of the molecule is CCOC(=O)c1ccc(Sc2n[nH]c(C(F)(F)F)n2)c(N)c1. The van der Waals surface area contributed by atoms with Crippen LogP contribution in [0.5, 0.6) is 0 Å². The van der Waals surface area contributed by atoms with E-state index in [4.69, 9.17) is 10.5 Å². The molecule has 2 rings (SSSR count). The Hall–Kier alpha value is -2.23. The van der Waals surface area contributed by atoms with Crippen LogP contribution in [0.25, 0.3) is 0 Å². The zero-order valence-electron chi connectivity index (χ0n) is 11.3. The first kappa shape index (κ1) is 16.1. The number of carbonyl (C=O) groups excluding carboxylic acids is 1. The second kappa shape index (κ2) is 6.26. The van der Waals surface area contributed by atoms with Gasteiger partial charge in [-0.15, -0.1) is 5.10 Å². The molecule has 0 bridgehead atoms. The van der Waals surface area contributed by atoms with E-state index in [1.807, 2.05) is 5.10 Å². The third-order valence-corrected chi connectivity index (χ3v) is 3.41. The van der Waals surface area contributed by atoms with E-state index in [1.54, 1.807) is 6.92 Å². The van der Waals surface area contributed by atoms with Gasteiger partial charge in [-0.1, -0.05) is 0 Å². The van der Waals surface area contributed by atoms with Crippen LogP contribution in [0.15, 0.2) is 28.3 Å². The van der Waals surface area contributed by atoms with Crippen LogP contribution in [-0.4, -0.2) is 27.8 Å². The lowest BCUT2D eigenvalue weighted by Crippen LogP contribution is -2.07. The molecule has 2 aromatic rings. The summed E-state index contributed by atoms with van der Waals surface area (Å²) in [5.41, 5.74) is 6.25. The van der Waals surface area contributed by atoms with Gasteiger partial charge in [-0.2, -0.15) is 18.2 Å². The molecule has 1 heterocycles. The smallest absolute Gasteiger partial charge is 0.451 e. The number of carbonyl (C=O) groups is 1. The van der Waals surface area contributed by atoms with Gasteiger partial charge in [0.2, 0.25) is 11.0 Å². The summed E-state index contributed by atoms with van der Waals surface area (Å²) in [5.74, 6) is -1.71. The number of anilines is 1. The van der Waals surface area contributed by atoms with Gasteiger partial charge in [0.1, 0.15) is 0 Å². The molecule has 0 unspecified atom stereocenters. The fourth-order valence-corrected chi connectivity index (χ4v) is 2.24. The second-order valence-corrected chi connectivity index (χ2v) is 5.05. The summed E-state index contributed by atoms with van der Waals surface area (Å²) < 4.78 is 42.1. The van der Waals surface area contributed by atoms with Crippen LogP contribution in [0.2, 0.25) is 0 Å². The van der Waals surface area contributed by atoms with Crippen LogP contribution < -0.4 is 5.73 Å². The van der Waals surface area contributed by atoms with Crippen molar-refractivity contribution in [3.63, 3.8) is 0 Å². The number of esters is 1. The van der Waals surface area contributed by atoms with Gasteiger partial charge in [0.05, 0.1) is 12.2 Å². The molecular formula is C12H11F3N4O2S. The van der Waals surface area contributed by atoms with E-state index in [0.717, 1.165) is 11.8 Å². The molecule has 0 atom stereocenters. The number of aromatic nitrogens is 3. The minimum atomic E-state index is -4.59. The summed E-state index contributed by atoms with van der Waals surface area (Å²) in [6, 6.07) is 4.35. The summed E-state index contributed by atoms with van der Waals surface area (Å²) in [7, 11) is 0. The molecule has 0 radical (unpaired) electrons. The predicted molar refractivity (Wildman–Crippen MR) is 72.3 cm³/mol. The Bertz CT molecular complexity index is 687. The molecule has 0 saturated carbocycles. The molecule has 10 heteroatoms. The lowest BCUT2D eigenvalue weighted by Gasteiger charge is -2.06. The number of hydrogen-bond donors (Lipinski definition) is 2. The Kier molecular flexibility index (Phi) is 4.59. The predicted octanol–water partition coefficient (Wildman–Crippen LogP) is 2.73. The maximum atomic E-state index is 12.4. The number of nitrogens with two attached hydrogens (primary N) is 1. The molecule has 0 aliphatic rings. The quantitative estimate of drug-likeness (QED) is 0.660. The van der Waals surface area contributed by atoms with E-state index >= 15 is 0 Å². The molecule has 22 heavy (non-hydrogen) atoms. The fraction of sp³-hybridized carbons (Fsp3) is 0.250. The normalized spacial score (nSPS) is 11.5. The van der Waals surface area contributed by atoms with Gasteiger partial charge in [0.25, 0.3) is 0 Å². The maximum absolute atomic E-state index is 12.4. The largest absolute Gasteiger partial charge is 0.462 e. The number of nitrogens with one attached hydrogen (secondary N) is 1. The van der Waals surface area contributed by atoms with Gasteiger partial charge in [0.15, 0.2) is 0 Å². The standard InChI is InChI=1S/C12H11F3N4O2S/c1-2-21-9(20)6-3-4-8(7(16)5-6)22-11-17-10(18-19-11)12(13,14)15/h3-5H,2,16H2,1H3,(H,17,18,19). The van der Waals surface area contributed by atoms with Crippen LogP contribution in [-0.2, 0) is 10.9 Å². The van der Waals surface area contributed by atoms with Gasteiger partial charge in [-0.05, 0) is 36.9 Å². The van der Waals surface area contributed by atoms with Crippen molar-refractivity contribution in [3.8, 4) is 0 Å². The van der Waals surface area contributed by atoms with Gasteiger partial charge < -0.3 is 10.5 Å². The topological polar surface area (TPSA) is 93.9 Å². The minimum absolute atomic E-state index is 0.122. The van der Waals surface area contributed by atoms with Crippen LogP contribution in [0, 0.1) is 0 Å². The first-order valence-corrected chi connectivity index (χ1v) is 6.87. The number of aromatic amines is 1. The first-order valence-electron chi connectivity index (χ1n) is 6.05. The molecule has 1 aromatic carbocycles. The van der Waals surface area contributed by atoms with Gasteiger partial charge in [0, 0.05) is 10.6 Å². The highest BCUT2D eigenvalue weighted by Gasteiger charge is 2.35. The van der Waals surface area contributed by atoms with E-state index in [2.05, 4.69) is 10.1 Å². The van der Waals surface area contributed by atoms with Crippen LogP contribution in [0.3, 0.4) is 0 Å². The van der Waals surface area contributed by atoms with Crippen molar-refractivity contribution >= 4 is 23.4 Å². The van der Waals surface area contributed by atoms with Gasteiger partial charge in [-0.25, -0.2) is 4.79 Å². The van der Waals surface area contributed by atoms with E-state index in [0.29, 0.717) is 4.90 Å². The highest BCUT2D eigenvalue weighted by molar-refractivity contribution is 7.99. The second-order valence-electron chi connectivity index (χ2n) is 4.04. The number of halogens is 3. The van der Waals surface area contributed by atoms with Crippen molar-refractivity contribution in [1.82, 2.24) is 15.2 Å². The van der Waals surface area contributed by atoms with Crippen LogP contribution in [0.1, 0.15) is 23.1 Å². The first-order chi connectivity index (χ1) is 10.3. The van der Waals surface area contributed by atoms with Crippen molar-refractivity contribution < 1.29 is 22.7 Å². The third-order valence-electron chi connectivity index (χ3n) is 2.46. The summed E-state index contributed by atoms with van der Waals surface area (Å²) in [5, 5.41) is 5.15. The van der Waals surface area contributed by atoms with Crippen LogP contribution in [0.4, 0.5) is 18.9 Å². The number of rotatable bonds is 4. The monoisotopic (exact) mass is 332 g/mol. The molecule has 0 aliphatic carbocycles. The molecule has 0 spiro atoms. The van der Waals surface area contributed by atoms with E-state index < -0.39 is 18.0 Å². The molecular weight excluding hydrogens is 321 g/mol. The lowest BCUT2D eigenvalue weighted by molar-refractivity contribution is -0.144. The molecule has 3 N–H and O–H groups in total. The molecule has 0 amide bonds. The maximum Gasteiger partial charge on any atom is 0.451 e. The Morgan fingerprint density at radius 3 is 2.73 bits per heavy atom. The van der Waals surface area contributed by atoms with Crippen molar-refractivity contribution in [3.05, 3.63) is 29.6 Å². The highest BCUT2D eigenvalue weighted by Crippen LogP contribution is 2.33. The fourth-order valence-electron chi connectivity index (χ4n) is 1.50. The molecule has 0 saturated heterocycles.